The maximum Gasteiger partial charge on any atom is 0.164 e. The molecule has 1 aliphatic carbocycles. The Kier molecular flexibility index (Phi) is 6.23. The van der Waals surface area contributed by atoms with Crippen LogP contribution in [0.3, 0.4) is 0 Å². The highest BCUT2D eigenvalue weighted by Gasteiger charge is 2.39. The summed E-state index contributed by atoms with van der Waals surface area (Å²) in [7, 11) is 0. The van der Waals surface area contributed by atoms with Crippen LogP contribution in [0.2, 0.25) is 0 Å². The Labute approximate surface area is 305 Å². The van der Waals surface area contributed by atoms with Gasteiger partial charge >= 0.3 is 0 Å². The molecule has 0 saturated heterocycles. The molecule has 0 fully saturated rings. The second kappa shape index (κ2) is 11.1. The summed E-state index contributed by atoms with van der Waals surface area (Å²) in [6, 6.07) is 55.2. The molecule has 0 spiro atoms. The Morgan fingerprint density at radius 1 is 0.472 bits per heavy atom. The van der Waals surface area contributed by atoms with Crippen LogP contribution in [0.5, 0.6) is 0 Å². The Morgan fingerprint density at radius 3 is 1.74 bits per heavy atom. The molecule has 7 aromatic carbocycles. The molecule has 3 heterocycles. The lowest BCUT2D eigenvalue weighted by Crippen LogP contribution is -2.15. The first-order chi connectivity index (χ1) is 26.0. The summed E-state index contributed by atoms with van der Waals surface area (Å²) in [6.45, 7) is 4.67. The summed E-state index contributed by atoms with van der Waals surface area (Å²) in [5, 5.41) is 4.80. The number of para-hydroxylation sites is 2. The van der Waals surface area contributed by atoms with Crippen LogP contribution in [-0.4, -0.2) is 19.5 Å². The zero-order valence-corrected chi connectivity index (χ0v) is 29.2. The van der Waals surface area contributed by atoms with Crippen molar-refractivity contribution in [2.45, 2.75) is 19.3 Å². The topological polar surface area (TPSA) is 56.7 Å². The lowest BCUT2D eigenvalue weighted by molar-refractivity contribution is 0.620. The number of fused-ring (bicyclic) bond motifs is 10. The van der Waals surface area contributed by atoms with E-state index >= 15 is 0 Å². The number of furan rings is 1. The van der Waals surface area contributed by atoms with Crippen molar-refractivity contribution in [1.82, 2.24) is 19.5 Å². The van der Waals surface area contributed by atoms with E-state index in [2.05, 4.69) is 109 Å². The second-order valence-corrected chi connectivity index (χ2v) is 14.4. The average molecular weight is 681 g/mol. The van der Waals surface area contributed by atoms with E-state index in [0.29, 0.717) is 17.5 Å². The molecule has 5 nitrogen and oxygen atoms in total. The molecule has 0 atom stereocenters. The van der Waals surface area contributed by atoms with Crippen molar-refractivity contribution in [2.24, 2.45) is 0 Å². The van der Waals surface area contributed by atoms with E-state index in [-0.39, 0.29) is 5.41 Å². The van der Waals surface area contributed by atoms with Crippen LogP contribution in [-0.2, 0) is 5.41 Å². The largest absolute Gasteiger partial charge is 0.456 e. The standard InChI is InChI=1S/C48H32N4O/c1-48(2)39-27-38-33-17-9-11-19-40(33)52(41(38)28-37(39)35-25-26-36-34-18-10-12-20-42(34)53-44(36)43(35)48)32-23-21-31(22-24-32)47-50-45(29-13-5-3-6-14-29)49-46(51-47)30-15-7-4-8-16-30/h3-28H,1-2H3. The molecule has 0 bridgehead atoms. The highest BCUT2D eigenvalue weighted by Crippen LogP contribution is 2.54. The quantitative estimate of drug-likeness (QED) is 0.186. The minimum atomic E-state index is -0.237. The summed E-state index contributed by atoms with van der Waals surface area (Å²) >= 11 is 0. The number of hydrogen-bond acceptors (Lipinski definition) is 4. The smallest absolute Gasteiger partial charge is 0.164 e. The molecule has 0 saturated carbocycles. The first-order valence-electron chi connectivity index (χ1n) is 18.0. The molecule has 5 heteroatoms. The van der Waals surface area contributed by atoms with E-state index in [4.69, 9.17) is 19.4 Å². The maximum atomic E-state index is 6.60. The average Bonchev–Trinajstić information content (AvgIpc) is 3.83. The number of nitrogens with zero attached hydrogens (tertiary/aromatic N) is 4. The molecule has 250 valence electrons. The molecule has 1 aliphatic rings. The van der Waals surface area contributed by atoms with Crippen LogP contribution in [0.25, 0.3) is 94.7 Å². The van der Waals surface area contributed by atoms with E-state index in [1.165, 1.54) is 49.4 Å². The normalized spacial score (nSPS) is 13.2. The van der Waals surface area contributed by atoms with Crippen molar-refractivity contribution in [3.8, 4) is 51.0 Å². The van der Waals surface area contributed by atoms with Gasteiger partial charge in [-0.25, -0.2) is 15.0 Å². The summed E-state index contributed by atoms with van der Waals surface area (Å²) in [6.07, 6.45) is 0. The maximum absolute atomic E-state index is 6.60. The van der Waals surface area contributed by atoms with Gasteiger partial charge in [0, 0.05) is 54.9 Å². The van der Waals surface area contributed by atoms with Crippen molar-refractivity contribution in [2.75, 3.05) is 0 Å². The Balaban J connectivity index is 1.08. The SMILES string of the molecule is CC1(C)c2cc3c4ccccc4n(-c4ccc(-c5nc(-c6ccccc6)nc(-c6ccccc6)n5)cc4)c3cc2-c2ccc3c(oc4ccccc43)c21. The molecule has 11 rings (SSSR count). The van der Waals surface area contributed by atoms with Gasteiger partial charge in [0.2, 0.25) is 0 Å². The van der Waals surface area contributed by atoms with Gasteiger partial charge < -0.3 is 8.98 Å². The highest BCUT2D eigenvalue weighted by molar-refractivity contribution is 6.13. The van der Waals surface area contributed by atoms with Crippen LogP contribution in [0.1, 0.15) is 25.0 Å². The minimum absolute atomic E-state index is 0.237. The first-order valence-corrected chi connectivity index (χ1v) is 18.0. The lowest BCUT2D eigenvalue weighted by atomic mass is 9.81. The summed E-state index contributed by atoms with van der Waals surface area (Å²) in [4.78, 5) is 14.8. The van der Waals surface area contributed by atoms with E-state index in [1.807, 2.05) is 66.7 Å². The van der Waals surface area contributed by atoms with Crippen molar-refractivity contribution in [3.05, 3.63) is 169 Å². The van der Waals surface area contributed by atoms with Crippen LogP contribution in [0, 0.1) is 0 Å². The van der Waals surface area contributed by atoms with E-state index in [1.54, 1.807) is 0 Å². The van der Waals surface area contributed by atoms with Gasteiger partial charge in [-0.15, -0.1) is 0 Å². The predicted octanol–water partition coefficient (Wildman–Crippen LogP) is 12.2. The highest BCUT2D eigenvalue weighted by atomic mass is 16.3. The molecular weight excluding hydrogens is 649 g/mol. The van der Waals surface area contributed by atoms with Crippen LogP contribution in [0.4, 0.5) is 0 Å². The number of benzene rings is 7. The fraction of sp³-hybridized carbons (Fsp3) is 0.0625. The molecule has 3 aromatic heterocycles. The van der Waals surface area contributed by atoms with Crippen molar-refractivity contribution < 1.29 is 4.42 Å². The van der Waals surface area contributed by atoms with Gasteiger partial charge in [-0.3, -0.25) is 0 Å². The predicted molar refractivity (Wildman–Crippen MR) is 215 cm³/mol. The molecule has 53 heavy (non-hydrogen) atoms. The number of rotatable bonds is 4. The Bertz CT molecular complexity index is 3010. The van der Waals surface area contributed by atoms with Gasteiger partial charge in [0.1, 0.15) is 11.2 Å². The van der Waals surface area contributed by atoms with Crippen molar-refractivity contribution >= 4 is 43.7 Å². The fourth-order valence-electron chi connectivity index (χ4n) is 8.50. The zero-order valence-electron chi connectivity index (χ0n) is 29.2. The molecule has 0 aliphatic heterocycles. The van der Waals surface area contributed by atoms with Gasteiger partial charge in [0.15, 0.2) is 17.5 Å². The summed E-state index contributed by atoms with van der Waals surface area (Å²) < 4.78 is 8.98. The van der Waals surface area contributed by atoms with E-state index in [9.17, 15) is 0 Å². The van der Waals surface area contributed by atoms with Gasteiger partial charge in [-0.2, -0.15) is 0 Å². The third kappa shape index (κ3) is 4.40. The Hall–Kier alpha value is -6.85. The molecule has 0 amide bonds. The molecule has 10 aromatic rings. The third-order valence-corrected chi connectivity index (χ3v) is 11.0. The van der Waals surface area contributed by atoms with E-state index < -0.39 is 0 Å². The summed E-state index contributed by atoms with van der Waals surface area (Å²) in [5.74, 6) is 1.94. The fourth-order valence-corrected chi connectivity index (χ4v) is 8.50. The van der Waals surface area contributed by atoms with E-state index in [0.717, 1.165) is 38.9 Å². The lowest BCUT2D eigenvalue weighted by Gasteiger charge is -2.21. The molecule has 0 N–H and O–H groups in total. The first kappa shape index (κ1) is 29.8. The van der Waals surface area contributed by atoms with Gasteiger partial charge in [0.25, 0.3) is 0 Å². The monoisotopic (exact) mass is 680 g/mol. The van der Waals surface area contributed by atoms with Gasteiger partial charge in [-0.05, 0) is 71.3 Å². The number of hydrogen-bond donors (Lipinski definition) is 0. The van der Waals surface area contributed by atoms with Gasteiger partial charge in [-0.1, -0.05) is 117 Å². The van der Waals surface area contributed by atoms with Crippen molar-refractivity contribution in [1.29, 1.82) is 0 Å². The van der Waals surface area contributed by atoms with Gasteiger partial charge in [0.05, 0.1) is 11.0 Å². The zero-order chi connectivity index (χ0) is 35.3. The van der Waals surface area contributed by atoms with Crippen LogP contribution >= 0.6 is 0 Å². The third-order valence-electron chi connectivity index (χ3n) is 11.0. The Morgan fingerprint density at radius 2 is 1.06 bits per heavy atom. The van der Waals surface area contributed by atoms with Crippen LogP contribution in [0.15, 0.2) is 162 Å². The minimum Gasteiger partial charge on any atom is -0.456 e. The number of aromatic nitrogens is 4. The van der Waals surface area contributed by atoms with Crippen molar-refractivity contribution in [3.63, 3.8) is 0 Å². The molecular formula is C48H32N4O. The van der Waals surface area contributed by atoms with Crippen LogP contribution < -0.4 is 0 Å². The molecule has 0 unspecified atom stereocenters. The second-order valence-electron chi connectivity index (χ2n) is 14.4. The molecule has 0 radical (unpaired) electrons. The summed E-state index contributed by atoms with van der Waals surface area (Å²) in [5.41, 5.74) is 13.0.